The highest BCUT2D eigenvalue weighted by Gasteiger charge is 2.47. The van der Waals surface area contributed by atoms with Gasteiger partial charge in [0.05, 0.1) is 5.75 Å². The van der Waals surface area contributed by atoms with Gasteiger partial charge in [-0.05, 0) is 81.2 Å². The molecule has 162 valence electrons. The van der Waals surface area contributed by atoms with E-state index in [1.165, 1.54) is 4.31 Å². The molecule has 0 aromatic heterocycles. The summed E-state index contributed by atoms with van der Waals surface area (Å²) in [5.74, 6) is 5.24. The Morgan fingerprint density at radius 1 is 1.07 bits per heavy atom. The summed E-state index contributed by atoms with van der Waals surface area (Å²) in [5, 5.41) is 0. The van der Waals surface area contributed by atoms with Crippen molar-refractivity contribution in [3.05, 3.63) is 34.4 Å². The summed E-state index contributed by atoms with van der Waals surface area (Å²) in [6, 6.07) is 3.89. The van der Waals surface area contributed by atoms with Crippen molar-refractivity contribution in [1.29, 1.82) is 0 Å². The molecule has 0 bridgehead atoms. The van der Waals surface area contributed by atoms with Crippen molar-refractivity contribution in [2.24, 2.45) is 5.41 Å². The molecule has 3 rings (SSSR count). The summed E-state index contributed by atoms with van der Waals surface area (Å²) in [4.78, 5) is 26.5. The molecule has 1 heterocycles. The zero-order valence-electron chi connectivity index (χ0n) is 18.4. The minimum atomic E-state index is -3.25. The number of ketones is 2. The van der Waals surface area contributed by atoms with Gasteiger partial charge < -0.3 is 0 Å². The van der Waals surface area contributed by atoms with Crippen molar-refractivity contribution in [2.45, 2.75) is 65.7 Å². The first-order chi connectivity index (χ1) is 14.1. The maximum atomic E-state index is 13.3. The van der Waals surface area contributed by atoms with Crippen LogP contribution < -0.4 is 0 Å². The predicted octanol–water partition coefficient (Wildman–Crippen LogP) is 3.51. The van der Waals surface area contributed by atoms with Gasteiger partial charge in [-0.2, -0.15) is 0 Å². The number of sulfonamides is 1. The van der Waals surface area contributed by atoms with Crippen LogP contribution in [0.3, 0.4) is 0 Å². The van der Waals surface area contributed by atoms with Gasteiger partial charge in [0.1, 0.15) is 17.5 Å². The Balaban J connectivity index is 1.85. The molecule has 0 amide bonds. The van der Waals surface area contributed by atoms with Crippen LogP contribution in [0.1, 0.15) is 74.1 Å². The minimum absolute atomic E-state index is 0.0291. The minimum Gasteiger partial charge on any atom is -0.299 e. The van der Waals surface area contributed by atoms with E-state index in [1.807, 2.05) is 26.0 Å². The third-order valence-electron chi connectivity index (χ3n) is 6.66. The van der Waals surface area contributed by atoms with Gasteiger partial charge in [0, 0.05) is 31.5 Å². The molecule has 0 unspecified atom stereocenters. The molecule has 1 saturated heterocycles. The first kappa shape index (κ1) is 22.7. The molecule has 1 spiro atoms. The summed E-state index contributed by atoms with van der Waals surface area (Å²) in [6.07, 6.45) is 2.67. The van der Waals surface area contributed by atoms with E-state index in [-0.39, 0.29) is 17.3 Å². The first-order valence-corrected chi connectivity index (χ1v) is 12.3. The first-order valence-electron chi connectivity index (χ1n) is 10.7. The number of hydrogen-bond acceptors (Lipinski definition) is 4. The predicted molar refractivity (Wildman–Crippen MR) is 118 cm³/mol. The van der Waals surface area contributed by atoms with Crippen molar-refractivity contribution < 1.29 is 18.0 Å². The van der Waals surface area contributed by atoms with Gasteiger partial charge in [0.25, 0.3) is 0 Å². The van der Waals surface area contributed by atoms with E-state index in [1.54, 1.807) is 13.8 Å². The van der Waals surface area contributed by atoms with E-state index >= 15 is 0 Å². The third-order valence-corrected chi connectivity index (χ3v) is 8.54. The summed E-state index contributed by atoms with van der Waals surface area (Å²) < 4.78 is 26.1. The Hall–Kier alpha value is -1.97. The monoisotopic (exact) mass is 429 g/mol. The Bertz CT molecular complexity index is 988. The fraction of sp³-hybridized carbons (Fsp3) is 0.583. The molecule has 2 fully saturated rings. The van der Waals surface area contributed by atoms with Crippen molar-refractivity contribution in [3.8, 4) is 11.8 Å². The molecule has 2 aliphatic rings. The van der Waals surface area contributed by atoms with Crippen molar-refractivity contribution in [2.75, 3.05) is 18.8 Å². The van der Waals surface area contributed by atoms with Crippen molar-refractivity contribution >= 4 is 21.6 Å². The van der Waals surface area contributed by atoms with Crippen molar-refractivity contribution in [1.82, 2.24) is 4.31 Å². The summed E-state index contributed by atoms with van der Waals surface area (Å²) in [6.45, 7) is 8.17. The van der Waals surface area contributed by atoms with E-state index in [4.69, 9.17) is 0 Å². The molecule has 1 aliphatic carbocycles. The van der Waals surface area contributed by atoms with Gasteiger partial charge in [-0.3, -0.25) is 9.59 Å². The number of aryl methyl sites for hydroxylation is 2. The van der Waals surface area contributed by atoms with E-state index in [0.29, 0.717) is 38.8 Å². The van der Waals surface area contributed by atoms with Crippen molar-refractivity contribution in [3.63, 3.8) is 0 Å². The van der Waals surface area contributed by atoms with Gasteiger partial charge in [0.15, 0.2) is 0 Å². The van der Waals surface area contributed by atoms with Crippen LogP contribution >= 0.6 is 0 Å². The summed E-state index contributed by atoms with van der Waals surface area (Å²) in [5.41, 5.74) is 3.17. The van der Waals surface area contributed by atoms with E-state index in [0.717, 1.165) is 28.7 Å². The van der Waals surface area contributed by atoms with Crippen LogP contribution in [0.4, 0.5) is 0 Å². The second-order valence-electron chi connectivity index (χ2n) is 8.77. The van der Waals surface area contributed by atoms with Crippen LogP contribution in [0.2, 0.25) is 0 Å². The molecular weight excluding hydrogens is 398 g/mol. The lowest BCUT2D eigenvalue weighted by atomic mass is 9.63. The number of hydrogen-bond donors (Lipinski definition) is 0. The molecule has 1 aliphatic heterocycles. The van der Waals surface area contributed by atoms with E-state index in [2.05, 4.69) is 11.8 Å². The summed E-state index contributed by atoms with van der Waals surface area (Å²) in [7, 11) is -3.25. The number of carbonyl (C=O) groups excluding carboxylic acids is 2. The number of rotatable bonds is 3. The van der Waals surface area contributed by atoms with Crippen LogP contribution in [0.25, 0.3) is 0 Å². The van der Waals surface area contributed by atoms with Crippen LogP contribution in [-0.2, 0) is 19.6 Å². The van der Waals surface area contributed by atoms with Gasteiger partial charge in [-0.25, -0.2) is 12.7 Å². The number of Topliss-reactive ketones (excluding diaryl/α,β-unsaturated/α-hetero) is 2. The second kappa shape index (κ2) is 8.64. The Morgan fingerprint density at radius 2 is 1.67 bits per heavy atom. The lowest BCUT2D eigenvalue weighted by molar-refractivity contribution is -0.137. The maximum absolute atomic E-state index is 13.3. The molecule has 0 N–H and O–H groups in total. The van der Waals surface area contributed by atoms with Gasteiger partial charge in [0.2, 0.25) is 10.0 Å². The zero-order valence-corrected chi connectivity index (χ0v) is 19.2. The normalized spacial score (nSPS) is 25.7. The Labute approximate surface area is 180 Å². The van der Waals surface area contributed by atoms with Crippen LogP contribution in [0, 0.1) is 31.1 Å². The quantitative estimate of drug-likeness (QED) is 0.544. The molecule has 1 saturated carbocycles. The van der Waals surface area contributed by atoms with Gasteiger partial charge in [-0.1, -0.05) is 5.92 Å². The largest absolute Gasteiger partial charge is 0.299 e. The molecule has 0 radical (unpaired) electrons. The van der Waals surface area contributed by atoms with E-state index in [9.17, 15) is 18.0 Å². The molecule has 1 aromatic carbocycles. The topological polar surface area (TPSA) is 71.5 Å². The molecular formula is C24H31NO4S. The van der Waals surface area contributed by atoms with Crippen LogP contribution in [0.5, 0.6) is 0 Å². The number of nitrogens with zero attached hydrogens (tertiary/aromatic N) is 1. The number of benzene rings is 1. The standard InChI is InChI=1S/C24H31NO4S/c1-5-8-19-13-17(3)22(18(4)14-19)23-20(26)15-24(16-21(23)27)9-7-11-25(12-10-24)30(28,29)6-2/h13-14,23H,6-7,9-12,15-16H2,1-4H3. The highest BCUT2D eigenvalue weighted by molar-refractivity contribution is 7.89. The molecule has 1 aromatic rings. The lowest BCUT2D eigenvalue weighted by Crippen LogP contribution is -2.41. The molecule has 6 heteroatoms. The smallest absolute Gasteiger partial charge is 0.213 e. The average molecular weight is 430 g/mol. The maximum Gasteiger partial charge on any atom is 0.213 e. The average Bonchev–Trinajstić information content (AvgIpc) is 2.86. The highest BCUT2D eigenvalue weighted by Crippen LogP contribution is 2.46. The fourth-order valence-electron chi connectivity index (χ4n) is 5.20. The van der Waals surface area contributed by atoms with Crippen LogP contribution in [0.15, 0.2) is 12.1 Å². The van der Waals surface area contributed by atoms with Crippen LogP contribution in [-0.4, -0.2) is 43.1 Å². The molecule has 0 atom stereocenters. The fourth-order valence-corrected chi connectivity index (χ4v) is 6.34. The van der Waals surface area contributed by atoms with E-state index < -0.39 is 21.4 Å². The molecule has 30 heavy (non-hydrogen) atoms. The Morgan fingerprint density at radius 3 is 2.20 bits per heavy atom. The Kier molecular flexibility index (Phi) is 6.54. The number of carbonyl (C=O) groups is 2. The van der Waals surface area contributed by atoms with Gasteiger partial charge >= 0.3 is 0 Å². The highest BCUT2D eigenvalue weighted by atomic mass is 32.2. The molecule has 5 nitrogen and oxygen atoms in total. The second-order valence-corrected chi connectivity index (χ2v) is 11.0. The third kappa shape index (κ3) is 4.38. The summed E-state index contributed by atoms with van der Waals surface area (Å²) >= 11 is 0. The SMILES string of the molecule is CC#Cc1cc(C)c(C2C(=O)CC3(CCCN(S(=O)(=O)CC)CC3)CC2=O)c(C)c1. The zero-order chi connectivity index (χ0) is 22.1. The lowest BCUT2D eigenvalue weighted by Gasteiger charge is -2.38. The van der Waals surface area contributed by atoms with Gasteiger partial charge in [-0.15, -0.1) is 5.92 Å².